The Kier molecular flexibility index (Phi) is 4.58. The molecule has 0 aliphatic carbocycles. The summed E-state index contributed by atoms with van der Waals surface area (Å²) in [7, 11) is 0. The van der Waals surface area contributed by atoms with Gasteiger partial charge in [0, 0.05) is 31.0 Å². The zero-order valence-electron chi connectivity index (χ0n) is 15.6. The maximum Gasteiger partial charge on any atom is 0.333 e. The van der Waals surface area contributed by atoms with Crippen LogP contribution in [0.15, 0.2) is 49.2 Å². The van der Waals surface area contributed by atoms with Crippen molar-refractivity contribution in [3.05, 3.63) is 49.2 Å². The van der Waals surface area contributed by atoms with E-state index in [4.69, 9.17) is 0 Å². The van der Waals surface area contributed by atoms with Crippen molar-refractivity contribution in [3.8, 4) is 22.6 Å². The van der Waals surface area contributed by atoms with Crippen LogP contribution in [0.4, 0.5) is 19.0 Å². The second-order valence-electron chi connectivity index (χ2n) is 6.96. The van der Waals surface area contributed by atoms with E-state index in [1.807, 2.05) is 12.1 Å². The number of rotatable bonds is 5. The molecule has 0 saturated carbocycles. The lowest BCUT2D eigenvalue weighted by Crippen LogP contribution is -2.29. The third-order valence-electron chi connectivity index (χ3n) is 4.98. The van der Waals surface area contributed by atoms with E-state index >= 15 is 0 Å². The zero-order chi connectivity index (χ0) is 20.7. The van der Waals surface area contributed by atoms with E-state index in [9.17, 15) is 13.2 Å². The third kappa shape index (κ3) is 3.36. The van der Waals surface area contributed by atoms with Gasteiger partial charge < -0.3 is 10.6 Å². The number of anilines is 1. The van der Waals surface area contributed by atoms with Crippen molar-refractivity contribution >= 4 is 11.5 Å². The van der Waals surface area contributed by atoms with Crippen LogP contribution in [0.25, 0.3) is 28.3 Å². The topological polar surface area (TPSA) is 85.0 Å². The second-order valence-corrected chi connectivity index (χ2v) is 6.96. The summed E-state index contributed by atoms with van der Waals surface area (Å²) in [5, 5.41) is 9.77. The molecule has 0 amide bonds. The Morgan fingerprint density at radius 3 is 2.73 bits per heavy atom. The van der Waals surface area contributed by atoms with Crippen LogP contribution in [0, 0.1) is 0 Å². The number of imidazole rings is 1. The standard InChI is InChI=1S/C19H17F3N8/c20-12-5-23-6-14(12)28-17-3-1-2-13(27-17)16-7-25-18-8-24-15(10-29(16)18)11-4-26-30(9-11)19(21)22/h1-4,7-10,12,14,19,23H,5-6H2,(H,27,28). The summed E-state index contributed by atoms with van der Waals surface area (Å²) < 4.78 is 41.9. The van der Waals surface area contributed by atoms with Gasteiger partial charge in [0.1, 0.15) is 12.0 Å². The summed E-state index contributed by atoms with van der Waals surface area (Å²) in [5.74, 6) is 0.561. The molecule has 0 radical (unpaired) electrons. The number of fused-ring (bicyclic) bond motifs is 1. The van der Waals surface area contributed by atoms with Crippen molar-refractivity contribution in [1.82, 2.24) is 34.4 Å². The van der Waals surface area contributed by atoms with Crippen molar-refractivity contribution < 1.29 is 13.2 Å². The van der Waals surface area contributed by atoms with E-state index in [2.05, 4.69) is 30.7 Å². The highest BCUT2D eigenvalue weighted by molar-refractivity contribution is 5.64. The van der Waals surface area contributed by atoms with Crippen molar-refractivity contribution in [2.24, 2.45) is 0 Å². The molecule has 5 rings (SSSR count). The molecule has 2 atom stereocenters. The summed E-state index contributed by atoms with van der Waals surface area (Å²) >= 11 is 0. The Labute approximate surface area is 168 Å². The lowest BCUT2D eigenvalue weighted by atomic mass is 10.2. The van der Waals surface area contributed by atoms with Gasteiger partial charge in [-0.3, -0.25) is 9.38 Å². The van der Waals surface area contributed by atoms with E-state index in [0.29, 0.717) is 51.9 Å². The summed E-state index contributed by atoms with van der Waals surface area (Å²) in [6, 6.07) is 5.10. The molecule has 11 heteroatoms. The Bertz CT molecular complexity index is 1190. The van der Waals surface area contributed by atoms with Crippen molar-refractivity contribution in [1.29, 1.82) is 0 Å². The number of hydrogen-bond acceptors (Lipinski definition) is 6. The largest absolute Gasteiger partial charge is 0.363 e. The predicted octanol–water partition coefficient (Wildman–Crippen LogP) is 2.77. The summed E-state index contributed by atoms with van der Waals surface area (Å²) in [6.07, 6.45) is 6.51. The molecule has 1 saturated heterocycles. The summed E-state index contributed by atoms with van der Waals surface area (Å²) in [5.41, 5.74) is 2.84. The first-order valence-electron chi connectivity index (χ1n) is 9.33. The minimum absolute atomic E-state index is 0.322. The number of nitrogens with zero attached hydrogens (tertiary/aromatic N) is 6. The fourth-order valence-corrected chi connectivity index (χ4v) is 3.44. The average Bonchev–Trinajstić information content (AvgIpc) is 3.48. The van der Waals surface area contributed by atoms with Crippen LogP contribution >= 0.6 is 0 Å². The van der Waals surface area contributed by atoms with Crippen molar-refractivity contribution in [3.63, 3.8) is 0 Å². The number of nitrogens with one attached hydrogen (secondary N) is 2. The van der Waals surface area contributed by atoms with Gasteiger partial charge in [-0.25, -0.2) is 19.0 Å². The number of alkyl halides is 3. The van der Waals surface area contributed by atoms with Gasteiger partial charge in [-0.15, -0.1) is 0 Å². The molecule has 2 N–H and O–H groups in total. The van der Waals surface area contributed by atoms with Crippen LogP contribution in [0.1, 0.15) is 6.55 Å². The van der Waals surface area contributed by atoms with Gasteiger partial charge in [-0.1, -0.05) is 6.07 Å². The first-order valence-corrected chi connectivity index (χ1v) is 9.33. The Balaban J connectivity index is 1.49. The molecule has 0 aromatic carbocycles. The Morgan fingerprint density at radius 2 is 1.97 bits per heavy atom. The Hall–Kier alpha value is -3.47. The molecule has 154 valence electrons. The Morgan fingerprint density at radius 1 is 1.07 bits per heavy atom. The fourth-order valence-electron chi connectivity index (χ4n) is 3.44. The number of aromatic nitrogens is 6. The predicted molar refractivity (Wildman–Crippen MR) is 104 cm³/mol. The first-order chi connectivity index (χ1) is 14.6. The van der Waals surface area contributed by atoms with Gasteiger partial charge in [0.05, 0.1) is 41.7 Å². The van der Waals surface area contributed by atoms with Crippen LogP contribution in [0.2, 0.25) is 0 Å². The van der Waals surface area contributed by atoms with Gasteiger partial charge in [-0.05, 0) is 12.1 Å². The van der Waals surface area contributed by atoms with E-state index in [0.717, 1.165) is 0 Å². The van der Waals surface area contributed by atoms with Crippen molar-refractivity contribution in [2.45, 2.75) is 18.8 Å². The lowest BCUT2D eigenvalue weighted by molar-refractivity contribution is 0.0566. The quantitative estimate of drug-likeness (QED) is 0.523. The van der Waals surface area contributed by atoms with E-state index < -0.39 is 12.7 Å². The molecule has 4 aromatic heterocycles. The molecule has 1 aliphatic heterocycles. The monoisotopic (exact) mass is 414 g/mol. The van der Waals surface area contributed by atoms with Crippen molar-refractivity contribution in [2.75, 3.05) is 18.4 Å². The third-order valence-corrected chi connectivity index (χ3v) is 4.98. The highest BCUT2D eigenvalue weighted by atomic mass is 19.3. The minimum atomic E-state index is -2.72. The average molecular weight is 414 g/mol. The molecule has 1 aliphatic rings. The van der Waals surface area contributed by atoms with Gasteiger partial charge in [0.2, 0.25) is 0 Å². The van der Waals surface area contributed by atoms with E-state index in [1.54, 1.807) is 29.1 Å². The van der Waals surface area contributed by atoms with Crippen LogP contribution in [0.3, 0.4) is 0 Å². The zero-order valence-corrected chi connectivity index (χ0v) is 15.6. The van der Waals surface area contributed by atoms with E-state index in [1.165, 1.54) is 12.4 Å². The SMILES string of the molecule is FC1CNCC1Nc1cccc(-c2cnc3cnc(-c4cnn(C(F)F)c4)cn23)n1. The molecule has 4 aromatic rings. The highest BCUT2D eigenvalue weighted by Crippen LogP contribution is 2.24. The fraction of sp³-hybridized carbons (Fsp3) is 0.263. The smallest absolute Gasteiger partial charge is 0.333 e. The molecule has 0 bridgehead atoms. The molecular formula is C19H17F3N8. The lowest BCUT2D eigenvalue weighted by Gasteiger charge is -2.15. The molecule has 30 heavy (non-hydrogen) atoms. The van der Waals surface area contributed by atoms with Gasteiger partial charge in [-0.2, -0.15) is 13.9 Å². The van der Waals surface area contributed by atoms with Gasteiger partial charge in [0.15, 0.2) is 5.65 Å². The van der Waals surface area contributed by atoms with Crippen LogP contribution < -0.4 is 10.6 Å². The first kappa shape index (κ1) is 18.6. The van der Waals surface area contributed by atoms with Crippen LogP contribution in [0.5, 0.6) is 0 Å². The van der Waals surface area contributed by atoms with E-state index in [-0.39, 0.29) is 6.04 Å². The number of pyridine rings is 1. The maximum absolute atomic E-state index is 13.9. The minimum Gasteiger partial charge on any atom is -0.363 e. The summed E-state index contributed by atoms with van der Waals surface area (Å²) in [6.45, 7) is -1.86. The van der Waals surface area contributed by atoms with Gasteiger partial charge in [0.25, 0.3) is 0 Å². The molecule has 2 unspecified atom stereocenters. The number of halogens is 3. The maximum atomic E-state index is 13.9. The molecule has 0 spiro atoms. The molecule has 5 heterocycles. The molecular weight excluding hydrogens is 397 g/mol. The normalized spacial score (nSPS) is 19.1. The van der Waals surface area contributed by atoms with Crippen LogP contribution in [-0.2, 0) is 0 Å². The number of hydrogen-bond donors (Lipinski definition) is 2. The molecule has 8 nitrogen and oxygen atoms in total. The van der Waals surface area contributed by atoms with Gasteiger partial charge >= 0.3 is 6.55 Å². The summed E-state index contributed by atoms with van der Waals surface area (Å²) in [4.78, 5) is 13.2. The highest BCUT2D eigenvalue weighted by Gasteiger charge is 2.26. The second kappa shape index (κ2) is 7.41. The molecule has 1 fully saturated rings. The van der Waals surface area contributed by atoms with Crippen LogP contribution in [-0.4, -0.2) is 54.4 Å².